The number of hydrogen-bond donors (Lipinski definition) is 1. The molecule has 0 radical (unpaired) electrons. The first-order valence-corrected chi connectivity index (χ1v) is 9.81. The van der Waals surface area contributed by atoms with Crippen molar-refractivity contribution in [3.63, 3.8) is 0 Å². The molecule has 1 aromatic heterocycles. The molecule has 0 saturated carbocycles. The smallest absolute Gasteiger partial charge is 0.268 e. The maximum Gasteiger partial charge on any atom is 0.268 e. The minimum Gasteiger partial charge on any atom is -0.497 e. The van der Waals surface area contributed by atoms with Crippen LogP contribution in [0.4, 0.5) is 5.69 Å². The largest absolute Gasteiger partial charge is 0.497 e. The number of rotatable bonds is 5. The highest BCUT2D eigenvalue weighted by molar-refractivity contribution is 6.32. The van der Waals surface area contributed by atoms with Crippen LogP contribution in [-0.2, 0) is 16.9 Å². The lowest BCUT2D eigenvalue weighted by atomic mass is 9.88. The van der Waals surface area contributed by atoms with E-state index in [1.165, 1.54) is 23.4 Å². The number of ether oxygens (including phenoxy) is 2. The highest BCUT2D eigenvalue weighted by Crippen LogP contribution is 2.48. The summed E-state index contributed by atoms with van der Waals surface area (Å²) in [6.45, 7) is 0.172. The Labute approximate surface area is 183 Å². The predicted molar refractivity (Wildman–Crippen MR) is 114 cm³/mol. The van der Waals surface area contributed by atoms with Gasteiger partial charge < -0.3 is 19.5 Å². The van der Waals surface area contributed by atoms with E-state index in [-0.39, 0.29) is 17.1 Å². The van der Waals surface area contributed by atoms with Crippen LogP contribution in [0, 0.1) is 0 Å². The molecule has 8 heteroatoms. The van der Waals surface area contributed by atoms with Gasteiger partial charge in [0, 0.05) is 40.2 Å². The number of benzene rings is 2. The number of fused-ring (bicyclic) bond motifs is 1. The van der Waals surface area contributed by atoms with Gasteiger partial charge in [0.2, 0.25) is 0 Å². The summed E-state index contributed by atoms with van der Waals surface area (Å²) < 4.78 is 10.7. The molecular weight excluding hydrogens is 427 g/mol. The zero-order chi connectivity index (χ0) is 21.5. The Kier molecular flexibility index (Phi) is 5.32. The van der Waals surface area contributed by atoms with Crippen molar-refractivity contribution in [2.45, 2.75) is 12.1 Å². The number of halogens is 2. The molecule has 0 bridgehead atoms. The Morgan fingerprint density at radius 3 is 2.57 bits per heavy atom. The summed E-state index contributed by atoms with van der Waals surface area (Å²) in [5.74, 6) is 0.663. The normalized spacial score (nSPS) is 17.8. The number of hydrogen-bond acceptors (Lipinski definition) is 5. The van der Waals surface area contributed by atoms with Crippen LogP contribution in [0.2, 0.25) is 10.0 Å². The summed E-state index contributed by atoms with van der Waals surface area (Å²) in [5, 5.41) is 12.2. The van der Waals surface area contributed by atoms with Crippen LogP contribution in [0.25, 0.3) is 0 Å². The second-order valence-electron chi connectivity index (χ2n) is 6.80. The van der Waals surface area contributed by atoms with Gasteiger partial charge in [0.15, 0.2) is 5.60 Å². The summed E-state index contributed by atoms with van der Waals surface area (Å²) in [5.41, 5.74) is -0.0901. The van der Waals surface area contributed by atoms with Gasteiger partial charge >= 0.3 is 0 Å². The maximum atomic E-state index is 13.6. The summed E-state index contributed by atoms with van der Waals surface area (Å²) in [4.78, 5) is 19.0. The van der Waals surface area contributed by atoms with Gasteiger partial charge in [-0.2, -0.15) is 0 Å². The van der Waals surface area contributed by atoms with Crippen molar-refractivity contribution >= 4 is 34.8 Å². The standard InChI is InChI=1S/C22H18Cl2N2O4/c1-29-15-5-3-13(20(10-15)30-2)12-26-19-6-4-14(23)9-17(19)22(28,21(26)27)16-7-8-25-11-18(16)24/h3-11,28H,12H2,1-2H3. The molecule has 1 N–H and O–H groups in total. The Hall–Kier alpha value is -2.80. The molecular formula is C22H18Cl2N2O4. The van der Waals surface area contributed by atoms with Crippen LogP contribution in [0.1, 0.15) is 16.7 Å². The number of nitrogens with zero attached hydrogens (tertiary/aromatic N) is 2. The Balaban J connectivity index is 1.84. The molecule has 2 aromatic carbocycles. The predicted octanol–water partition coefficient (Wildman–Crippen LogP) is 4.19. The van der Waals surface area contributed by atoms with Crippen LogP contribution in [-0.4, -0.2) is 30.2 Å². The third-order valence-corrected chi connectivity index (χ3v) is 5.72. The number of carbonyl (C=O) groups excluding carboxylic acids is 1. The molecule has 0 aliphatic carbocycles. The Morgan fingerprint density at radius 1 is 1.07 bits per heavy atom. The number of amides is 1. The summed E-state index contributed by atoms with van der Waals surface area (Å²) >= 11 is 12.5. The number of aromatic nitrogens is 1. The van der Waals surface area contributed by atoms with Crippen molar-refractivity contribution < 1.29 is 19.4 Å². The zero-order valence-electron chi connectivity index (χ0n) is 16.2. The van der Waals surface area contributed by atoms with E-state index in [1.807, 2.05) is 6.07 Å². The molecule has 3 aromatic rings. The lowest BCUT2D eigenvalue weighted by Crippen LogP contribution is -2.41. The highest BCUT2D eigenvalue weighted by atomic mass is 35.5. The van der Waals surface area contributed by atoms with Gasteiger partial charge in [-0.25, -0.2) is 0 Å². The molecule has 154 valence electrons. The first-order chi connectivity index (χ1) is 14.4. The molecule has 1 aliphatic heterocycles. The van der Waals surface area contributed by atoms with E-state index in [9.17, 15) is 9.90 Å². The molecule has 0 spiro atoms. The molecule has 0 saturated heterocycles. The summed E-state index contributed by atoms with van der Waals surface area (Å²) in [7, 11) is 3.11. The topological polar surface area (TPSA) is 71.9 Å². The minimum absolute atomic E-state index is 0.172. The van der Waals surface area contributed by atoms with Crippen LogP contribution >= 0.6 is 23.2 Å². The summed E-state index contributed by atoms with van der Waals surface area (Å²) in [6, 6.07) is 11.8. The van der Waals surface area contributed by atoms with Crippen LogP contribution in [0.3, 0.4) is 0 Å². The minimum atomic E-state index is -1.99. The maximum absolute atomic E-state index is 13.6. The van der Waals surface area contributed by atoms with Gasteiger partial charge in [0.1, 0.15) is 11.5 Å². The van der Waals surface area contributed by atoms with Gasteiger partial charge in [-0.15, -0.1) is 0 Å². The van der Waals surface area contributed by atoms with Gasteiger partial charge in [-0.05, 0) is 36.4 Å². The first kappa shape index (κ1) is 20.5. The summed E-state index contributed by atoms with van der Waals surface area (Å²) in [6.07, 6.45) is 2.87. The molecule has 4 rings (SSSR count). The van der Waals surface area contributed by atoms with Crippen molar-refractivity contribution in [3.8, 4) is 11.5 Å². The second kappa shape index (κ2) is 7.80. The average molecular weight is 445 g/mol. The van der Waals surface area contributed by atoms with Crippen molar-refractivity contribution in [3.05, 3.63) is 81.6 Å². The molecule has 6 nitrogen and oxygen atoms in total. The fourth-order valence-corrected chi connectivity index (χ4v) is 4.12. The molecule has 0 fully saturated rings. The molecule has 2 heterocycles. The van der Waals surface area contributed by atoms with E-state index in [0.717, 1.165) is 5.56 Å². The van der Waals surface area contributed by atoms with Crippen LogP contribution < -0.4 is 14.4 Å². The van der Waals surface area contributed by atoms with Crippen molar-refractivity contribution in [2.75, 3.05) is 19.1 Å². The lowest BCUT2D eigenvalue weighted by Gasteiger charge is -2.25. The first-order valence-electron chi connectivity index (χ1n) is 9.05. The number of methoxy groups -OCH3 is 2. The monoisotopic (exact) mass is 444 g/mol. The third kappa shape index (κ3) is 3.17. The quantitative estimate of drug-likeness (QED) is 0.638. The number of carbonyl (C=O) groups is 1. The average Bonchev–Trinajstić information content (AvgIpc) is 2.96. The van der Waals surface area contributed by atoms with E-state index >= 15 is 0 Å². The fraction of sp³-hybridized carbons (Fsp3) is 0.182. The van der Waals surface area contributed by atoms with E-state index in [1.54, 1.807) is 44.6 Å². The van der Waals surface area contributed by atoms with E-state index < -0.39 is 11.5 Å². The van der Waals surface area contributed by atoms with E-state index in [4.69, 9.17) is 32.7 Å². The number of aliphatic hydroxyl groups is 1. The Morgan fingerprint density at radius 2 is 1.87 bits per heavy atom. The fourth-order valence-electron chi connectivity index (χ4n) is 3.69. The second-order valence-corrected chi connectivity index (χ2v) is 7.64. The number of anilines is 1. The molecule has 1 atom stereocenters. The van der Waals surface area contributed by atoms with Crippen molar-refractivity contribution in [1.29, 1.82) is 0 Å². The van der Waals surface area contributed by atoms with Gasteiger partial charge in [-0.3, -0.25) is 9.78 Å². The van der Waals surface area contributed by atoms with Gasteiger partial charge in [0.25, 0.3) is 5.91 Å². The van der Waals surface area contributed by atoms with Crippen LogP contribution in [0.15, 0.2) is 54.9 Å². The van der Waals surface area contributed by atoms with Crippen LogP contribution in [0.5, 0.6) is 11.5 Å². The molecule has 1 aliphatic rings. The highest BCUT2D eigenvalue weighted by Gasteiger charge is 2.52. The molecule has 30 heavy (non-hydrogen) atoms. The Bertz CT molecular complexity index is 1140. The third-order valence-electron chi connectivity index (χ3n) is 5.18. The number of pyridine rings is 1. The SMILES string of the molecule is COc1ccc(CN2C(=O)C(O)(c3ccncc3Cl)c3cc(Cl)ccc32)c(OC)c1. The zero-order valence-corrected chi connectivity index (χ0v) is 17.7. The van der Waals surface area contributed by atoms with Crippen molar-refractivity contribution in [2.24, 2.45) is 0 Å². The van der Waals surface area contributed by atoms with E-state index in [2.05, 4.69) is 4.98 Å². The molecule has 1 unspecified atom stereocenters. The van der Waals surface area contributed by atoms with Gasteiger partial charge in [0.05, 0.1) is 31.5 Å². The lowest BCUT2D eigenvalue weighted by molar-refractivity contribution is -0.132. The van der Waals surface area contributed by atoms with Crippen molar-refractivity contribution in [1.82, 2.24) is 4.98 Å². The van der Waals surface area contributed by atoms with E-state index in [0.29, 0.717) is 27.8 Å². The molecule has 1 amide bonds. The van der Waals surface area contributed by atoms with Gasteiger partial charge in [-0.1, -0.05) is 23.2 Å².